The van der Waals surface area contributed by atoms with E-state index in [0.29, 0.717) is 0 Å². The fraction of sp³-hybridized carbons (Fsp3) is 0.533. The van der Waals surface area contributed by atoms with E-state index in [2.05, 4.69) is 12.1 Å². The summed E-state index contributed by atoms with van der Waals surface area (Å²) in [5.41, 5.74) is 1.50. The van der Waals surface area contributed by atoms with Crippen LogP contribution in [0.15, 0.2) is 18.2 Å². The van der Waals surface area contributed by atoms with Gasteiger partial charge in [0, 0.05) is 0 Å². The van der Waals surface area contributed by atoms with E-state index in [1.807, 2.05) is 26.0 Å². The average molecular weight is 229 g/mol. The minimum atomic E-state index is -1.04. The van der Waals surface area contributed by atoms with Crippen molar-refractivity contribution in [2.45, 2.75) is 45.6 Å². The third kappa shape index (κ3) is 1.75. The van der Waals surface area contributed by atoms with E-state index in [0.717, 1.165) is 36.0 Å². The maximum Gasteiger partial charge on any atom is 0.105 e. The van der Waals surface area contributed by atoms with Crippen LogP contribution in [0.25, 0.3) is 0 Å². The van der Waals surface area contributed by atoms with Crippen molar-refractivity contribution >= 4 is 0 Å². The minimum Gasteiger partial charge on any atom is -0.384 e. The summed E-state index contributed by atoms with van der Waals surface area (Å²) in [4.78, 5) is 0. The predicted molar refractivity (Wildman–Crippen MR) is 67.4 cm³/mol. The molecule has 0 amide bonds. The molecule has 1 aromatic carbocycles. The summed E-state index contributed by atoms with van der Waals surface area (Å²) in [5.74, 6) is 0. The molecule has 0 heterocycles. The number of aliphatic hydroxyl groups is 1. The minimum absolute atomic E-state index is 0.590. The molecule has 1 aliphatic carbocycles. The molecule has 90 valence electrons. The molecule has 0 saturated heterocycles. The van der Waals surface area contributed by atoms with Crippen molar-refractivity contribution in [2.75, 3.05) is 0 Å². The summed E-state index contributed by atoms with van der Waals surface area (Å²) in [6.45, 7) is 5.82. The van der Waals surface area contributed by atoms with Crippen LogP contribution in [0, 0.1) is 30.6 Å². The highest BCUT2D eigenvalue weighted by Gasteiger charge is 2.52. The highest BCUT2D eigenvalue weighted by atomic mass is 16.3. The third-order valence-electron chi connectivity index (χ3n) is 4.14. The van der Waals surface area contributed by atoms with Gasteiger partial charge < -0.3 is 5.11 Å². The molecular weight excluding hydrogens is 210 g/mol. The van der Waals surface area contributed by atoms with Gasteiger partial charge in [0.2, 0.25) is 0 Å². The molecule has 0 bridgehead atoms. The molecule has 1 atom stereocenters. The van der Waals surface area contributed by atoms with Gasteiger partial charge in [-0.15, -0.1) is 0 Å². The molecule has 1 N–H and O–H groups in total. The maximum absolute atomic E-state index is 10.8. The van der Waals surface area contributed by atoms with Crippen molar-refractivity contribution in [3.8, 4) is 6.07 Å². The molecule has 1 unspecified atom stereocenters. The van der Waals surface area contributed by atoms with E-state index in [-0.39, 0.29) is 0 Å². The number of rotatable bonds is 2. The van der Waals surface area contributed by atoms with Crippen LogP contribution in [0.3, 0.4) is 0 Å². The van der Waals surface area contributed by atoms with Gasteiger partial charge >= 0.3 is 0 Å². The lowest BCUT2D eigenvalue weighted by Crippen LogP contribution is -2.47. The van der Waals surface area contributed by atoms with Crippen LogP contribution in [0.5, 0.6) is 0 Å². The molecule has 1 saturated carbocycles. The monoisotopic (exact) mass is 229 g/mol. The first kappa shape index (κ1) is 12.1. The van der Waals surface area contributed by atoms with Gasteiger partial charge in [0.1, 0.15) is 5.60 Å². The Balaban J connectivity index is 2.48. The second kappa shape index (κ2) is 3.85. The predicted octanol–water partition coefficient (Wildman–Crippen LogP) is 3.20. The molecule has 1 aromatic rings. The fourth-order valence-electron chi connectivity index (χ4n) is 2.77. The van der Waals surface area contributed by atoms with Gasteiger partial charge in [0.25, 0.3) is 0 Å². The van der Waals surface area contributed by atoms with Crippen LogP contribution in [-0.4, -0.2) is 5.11 Å². The second-order valence-electron chi connectivity index (χ2n) is 5.50. The van der Waals surface area contributed by atoms with Crippen LogP contribution in [0.4, 0.5) is 0 Å². The lowest BCUT2D eigenvalue weighted by molar-refractivity contribution is -0.0859. The van der Waals surface area contributed by atoms with Crippen LogP contribution >= 0.6 is 0 Å². The van der Waals surface area contributed by atoms with Crippen LogP contribution in [0.1, 0.15) is 42.9 Å². The quantitative estimate of drug-likeness (QED) is 0.846. The number of nitrogens with zero attached hydrogens (tertiary/aromatic N) is 1. The van der Waals surface area contributed by atoms with Crippen molar-refractivity contribution in [3.05, 3.63) is 34.9 Å². The highest BCUT2D eigenvalue weighted by Crippen LogP contribution is 2.53. The first-order valence-corrected chi connectivity index (χ1v) is 6.14. The normalized spacial score (nSPS) is 21.1. The molecule has 0 aromatic heterocycles. The Labute approximate surface area is 103 Å². The van der Waals surface area contributed by atoms with Crippen molar-refractivity contribution < 1.29 is 5.11 Å². The standard InChI is InChI=1S/C15H19NO/c1-11-7-12(2)9-13(8-11)14(3,17)15(10-16)5-4-6-15/h7-9,17H,4-6H2,1-3H3. The Hall–Kier alpha value is -1.33. The average Bonchev–Trinajstić information content (AvgIpc) is 2.14. The van der Waals surface area contributed by atoms with E-state index in [1.165, 1.54) is 0 Å². The van der Waals surface area contributed by atoms with E-state index in [4.69, 9.17) is 0 Å². The first-order chi connectivity index (χ1) is 7.91. The van der Waals surface area contributed by atoms with Crippen molar-refractivity contribution in [1.29, 1.82) is 5.26 Å². The van der Waals surface area contributed by atoms with Crippen molar-refractivity contribution in [1.82, 2.24) is 0 Å². The first-order valence-electron chi connectivity index (χ1n) is 6.14. The second-order valence-corrected chi connectivity index (χ2v) is 5.50. The number of nitriles is 1. The molecule has 17 heavy (non-hydrogen) atoms. The zero-order valence-electron chi connectivity index (χ0n) is 10.7. The molecule has 0 aliphatic heterocycles. The number of hydrogen-bond donors (Lipinski definition) is 1. The molecule has 1 fully saturated rings. The maximum atomic E-state index is 10.8. The Morgan fingerprint density at radius 2 is 1.76 bits per heavy atom. The molecule has 0 radical (unpaired) electrons. The SMILES string of the molecule is Cc1cc(C)cc(C(C)(O)C2(C#N)CCC2)c1. The Bertz CT molecular complexity index is 458. The van der Waals surface area contributed by atoms with Gasteiger partial charge in [-0.2, -0.15) is 5.26 Å². The fourth-order valence-corrected chi connectivity index (χ4v) is 2.77. The molecular formula is C15H19NO. The smallest absolute Gasteiger partial charge is 0.105 e. The van der Waals surface area contributed by atoms with Gasteiger partial charge in [-0.1, -0.05) is 35.7 Å². The van der Waals surface area contributed by atoms with Crippen molar-refractivity contribution in [2.24, 2.45) is 5.41 Å². The van der Waals surface area contributed by atoms with Crippen molar-refractivity contribution in [3.63, 3.8) is 0 Å². The van der Waals surface area contributed by atoms with Gasteiger partial charge in [-0.3, -0.25) is 0 Å². The Morgan fingerprint density at radius 1 is 1.24 bits per heavy atom. The van der Waals surface area contributed by atoms with E-state index in [1.54, 1.807) is 6.92 Å². The third-order valence-corrected chi connectivity index (χ3v) is 4.14. The van der Waals surface area contributed by atoms with Gasteiger partial charge in [-0.05, 0) is 39.2 Å². The van der Waals surface area contributed by atoms with Crippen LogP contribution < -0.4 is 0 Å². The number of benzene rings is 1. The molecule has 2 nitrogen and oxygen atoms in total. The Kier molecular flexibility index (Phi) is 2.75. The highest BCUT2D eigenvalue weighted by molar-refractivity contribution is 5.36. The van der Waals surface area contributed by atoms with Crippen LogP contribution in [0.2, 0.25) is 0 Å². The zero-order valence-corrected chi connectivity index (χ0v) is 10.7. The number of hydrogen-bond acceptors (Lipinski definition) is 2. The summed E-state index contributed by atoms with van der Waals surface area (Å²) in [7, 11) is 0. The zero-order chi connectivity index (χ0) is 12.7. The van der Waals surface area contributed by atoms with E-state index >= 15 is 0 Å². The molecule has 1 aliphatic rings. The summed E-state index contributed by atoms with van der Waals surface area (Å²) in [6, 6.07) is 8.41. The topological polar surface area (TPSA) is 44.0 Å². The molecule has 2 rings (SSSR count). The van der Waals surface area contributed by atoms with Gasteiger partial charge in [0.05, 0.1) is 11.5 Å². The summed E-state index contributed by atoms with van der Waals surface area (Å²) in [5, 5.41) is 20.1. The summed E-state index contributed by atoms with van der Waals surface area (Å²) in [6.07, 6.45) is 2.63. The summed E-state index contributed by atoms with van der Waals surface area (Å²) < 4.78 is 0. The van der Waals surface area contributed by atoms with Gasteiger partial charge in [0.15, 0.2) is 0 Å². The lowest BCUT2D eigenvalue weighted by atomic mass is 9.58. The molecule has 0 spiro atoms. The largest absolute Gasteiger partial charge is 0.384 e. The Morgan fingerprint density at radius 3 is 2.12 bits per heavy atom. The van der Waals surface area contributed by atoms with E-state index < -0.39 is 11.0 Å². The van der Waals surface area contributed by atoms with Crippen LogP contribution in [-0.2, 0) is 5.60 Å². The summed E-state index contributed by atoms with van der Waals surface area (Å²) >= 11 is 0. The lowest BCUT2D eigenvalue weighted by Gasteiger charge is -2.47. The number of aryl methyl sites for hydroxylation is 2. The van der Waals surface area contributed by atoms with E-state index in [9.17, 15) is 10.4 Å². The van der Waals surface area contributed by atoms with Gasteiger partial charge in [-0.25, -0.2) is 0 Å². The molecule has 2 heteroatoms.